The predicted molar refractivity (Wildman–Crippen MR) is 59.3 cm³/mol. The van der Waals surface area contributed by atoms with E-state index in [-0.39, 0.29) is 18.1 Å². The third kappa shape index (κ3) is 4.62. The number of nitrogens with two attached hydrogens (primary N) is 1. The fourth-order valence-corrected chi connectivity index (χ4v) is 1.55. The summed E-state index contributed by atoms with van der Waals surface area (Å²) in [7, 11) is 1.77. The zero-order chi connectivity index (χ0) is 11.4. The number of aliphatic hydroxyl groups is 1. The molecule has 0 bridgehead atoms. The van der Waals surface area contributed by atoms with E-state index >= 15 is 0 Å². The highest BCUT2D eigenvalue weighted by Gasteiger charge is 2.30. The third-order valence-electron chi connectivity index (χ3n) is 2.95. The summed E-state index contributed by atoms with van der Waals surface area (Å²) in [5.41, 5.74) is 5.88. The van der Waals surface area contributed by atoms with E-state index in [9.17, 15) is 4.79 Å². The molecule has 0 aromatic rings. The SMILES string of the molecule is CC(O)CCN(C)C(=O)CC(N)C1CC1. The van der Waals surface area contributed by atoms with Crippen LogP contribution >= 0.6 is 0 Å². The van der Waals surface area contributed by atoms with Crippen LogP contribution in [0.3, 0.4) is 0 Å². The molecule has 2 unspecified atom stereocenters. The molecule has 1 aliphatic rings. The van der Waals surface area contributed by atoms with Crippen molar-refractivity contribution in [3.8, 4) is 0 Å². The van der Waals surface area contributed by atoms with Gasteiger partial charge in [-0.25, -0.2) is 0 Å². The zero-order valence-corrected chi connectivity index (χ0v) is 9.65. The monoisotopic (exact) mass is 214 g/mol. The minimum Gasteiger partial charge on any atom is -0.393 e. The van der Waals surface area contributed by atoms with Crippen molar-refractivity contribution < 1.29 is 9.90 Å². The molecule has 1 amide bonds. The highest BCUT2D eigenvalue weighted by molar-refractivity contribution is 5.76. The van der Waals surface area contributed by atoms with Crippen molar-refractivity contribution in [1.82, 2.24) is 4.90 Å². The summed E-state index contributed by atoms with van der Waals surface area (Å²) in [6, 6.07) is 0.0338. The van der Waals surface area contributed by atoms with Gasteiger partial charge in [0.15, 0.2) is 0 Å². The molecule has 0 heterocycles. The Morgan fingerprint density at radius 1 is 1.60 bits per heavy atom. The van der Waals surface area contributed by atoms with Crippen LogP contribution < -0.4 is 5.73 Å². The van der Waals surface area contributed by atoms with Crippen molar-refractivity contribution in [2.75, 3.05) is 13.6 Å². The van der Waals surface area contributed by atoms with Crippen molar-refractivity contribution in [3.05, 3.63) is 0 Å². The van der Waals surface area contributed by atoms with Crippen LogP contribution in [0.25, 0.3) is 0 Å². The van der Waals surface area contributed by atoms with Gasteiger partial charge in [0.05, 0.1) is 6.10 Å². The van der Waals surface area contributed by atoms with Gasteiger partial charge in [-0.15, -0.1) is 0 Å². The van der Waals surface area contributed by atoms with Crippen molar-refractivity contribution in [2.45, 2.75) is 44.8 Å². The normalized spacial score (nSPS) is 19.7. The molecule has 1 rings (SSSR count). The molecule has 88 valence electrons. The largest absolute Gasteiger partial charge is 0.393 e. The van der Waals surface area contributed by atoms with Crippen molar-refractivity contribution in [1.29, 1.82) is 0 Å². The van der Waals surface area contributed by atoms with Crippen molar-refractivity contribution >= 4 is 5.91 Å². The van der Waals surface area contributed by atoms with E-state index < -0.39 is 0 Å². The Morgan fingerprint density at radius 3 is 2.67 bits per heavy atom. The van der Waals surface area contributed by atoms with E-state index in [1.807, 2.05) is 0 Å². The van der Waals surface area contributed by atoms with Gasteiger partial charge >= 0.3 is 0 Å². The molecule has 0 aromatic carbocycles. The molecule has 3 N–H and O–H groups in total. The topological polar surface area (TPSA) is 66.6 Å². The smallest absolute Gasteiger partial charge is 0.223 e. The van der Waals surface area contributed by atoms with Crippen LogP contribution in [0.1, 0.15) is 32.6 Å². The molecular formula is C11H22N2O2. The first-order chi connectivity index (χ1) is 7.00. The average molecular weight is 214 g/mol. The fraction of sp³-hybridized carbons (Fsp3) is 0.909. The Balaban J connectivity index is 2.19. The first-order valence-electron chi connectivity index (χ1n) is 5.68. The molecule has 1 saturated carbocycles. The lowest BCUT2D eigenvalue weighted by Crippen LogP contribution is -2.35. The van der Waals surface area contributed by atoms with Gasteiger partial charge in [0, 0.05) is 26.1 Å². The number of hydrogen-bond donors (Lipinski definition) is 2. The van der Waals surface area contributed by atoms with Gasteiger partial charge in [-0.2, -0.15) is 0 Å². The number of carbonyl (C=O) groups is 1. The summed E-state index contributed by atoms with van der Waals surface area (Å²) in [6.45, 7) is 2.34. The second-order valence-electron chi connectivity index (χ2n) is 4.66. The molecule has 0 aromatic heterocycles. The average Bonchev–Trinajstić information content (AvgIpc) is 2.96. The van der Waals surface area contributed by atoms with Gasteiger partial charge in [0.25, 0.3) is 0 Å². The second kappa shape index (κ2) is 5.47. The van der Waals surface area contributed by atoms with Crippen molar-refractivity contribution in [2.24, 2.45) is 11.7 Å². The Bertz CT molecular complexity index is 215. The quantitative estimate of drug-likeness (QED) is 0.670. The molecular weight excluding hydrogens is 192 g/mol. The van der Waals surface area contributed by atoms with E-state index in [1.54, 1.807) is 18.9 Å². The van der Waals surface area contributed by atoms with E-state index in [1.165, 1.54) is 12.8 Å². The number of nitrogens with zero attached hydrogens (tertiary/aromatic N) is 1. The Hall–Kier alpha value is -0.610. The molecule has 1 fully saturated rings. The lowest BCUT2D eigenvalue weighted by atomic mass is 10.1. The maximum absolute atomic E-state index is 11.7. The molecule has 4 heteroatoms. The van der Waals surface area contributed by atoms with E-state index in [4.69, 9.17) is 10.8 Å². The van der Waals surface area contributed by atoms with E-state index in [2.05, 4.69) is 0 Å². The van der Waals surface area contributed by atoms with Crippen LogP contribution in [0.5, 0.6) is 0 Å². The number of rotatable bonds is 6. The molecule has 0 radical (unpaired) electrons. The molecule has 1 aliphatic carbocycles. The molecule has 0 spiro atoms. The van der Waals surface area contributed by atoms with Gasteiger partial charge < -0.3 is 15.7 Å². The van der Waals surface area contributed by atoms with Gasteiger partial charge in [-0.05, 0) is 32.1 Å². The summed E-state index contributed by atoms with van der Waals surface area (Å²) >= 11 is 0. The Morgan fingerprint density at radius 2 is 2.20 bits per heavy atom. The summed E-state index contributed by atoms with van der Waals surface area (Å²) in [6.07, 6.45) is 3.07. The Kier molecular flexibility index (Phi) is 4.54. The third-order valence-corrected chi connectivity index (χ3v) is 2.95. The number of aliphatic hydroxyl groups excluding tert-OH is 1. The Labute approximate surface area is 91.4 Å². The lowest BCUT2D eigenvalue weighted by Gasteiger charge is -2.20. The maximum atomic E-state index is 11.7. The van der Waals surface area contributed by atoms with Crippen LogP contribution in [0.15, 0.2) is 0 Å². The highest BCUT2D eigenvalue weighted by atomic mass is 16.3. The maximum Gasteiger partial charge on any atom is 0.223 e. The lowest BCUT2D eigenvalue weighted by molar-refractivity contribution is -0.130. The van der Waals surface area contributed by atoms with Crippen LogP contribution in [-0.2, 0) is 4.79 Å². The van der Waals surface area contributed by atoms with Crippen LogP contribution in [0.2, 0.25) is 0 Å². The predicted octanol–water partition coefficient (Wildman–Crippen LogP) is 0.343. The number of amides is 1. The summed E-state index contributed by atoms with van der Waals surface area (Å²) in [4.78, 5) is 13.3. The minimum absolute atomic E-state index is 0.0338. The molecule has 4 nitrogen and oxygen atoms in total. The molecule has 0 aliphatic heterocycles. The van der Waals surface area contributed by atoms with Gasteiger partial charge in [0.1, 0.15) is 0 Å². The van der Waals surface area contributed by atoms with Gasteiger partial charge in [-0.1, -0.05) is 0 Å². The molecule has 15 heavy (non-hydrogen) atoms. The minimum atomic E-state index is -0.350. The first-order valence-corrected chi connectivity index (χ1v) is 5.68. The zero-order valence-electron chi connectivity index (χ0n) is 9.65. The van der Waals surface area contributed by atoms with Crippen molar-refractivity contribution in [3.63, 3.8) is 0 Å². The summed E-state index contributed by atoms with van der Waals surface area (Å²) < 4.78 is 0. The second-order valence-corrected chi connectivity index (χ2v) is 4.66. The molecule has 2 atom stereocenters. The van der Waals surface area contributed by atoms with Gasteiger partial charge in [0.2, 0.25) is 5.91 Å². The first kappa shape index (κ1) is 12.5. The highest BCUT2D eigenvalue weighted by Crippen LogP contribution is 2.32. The van der Waals surface area contributed by atoms with E-state index in [0.29, 0.717) is 25.3 Å². The number of carbonyl (C=O) groups excluding carboxylic acids is 1. The van der Waals surface area contributed by atoms with Crippen LogP contribution in [-0.4, -0.2) is 41.7 Å². The molecule has 0 saturated heterocycles. The summed E-state index contributed by atoms with van der Waals surface area (Å²) in [5.74, 6) is 0.661. The number of hydrogen-bond acceptors (Lipinski definition) is 3. The standard InChI is InChI=1S/C11H22N2O2/c1-8(14)5-6-13(2)11(15)7-10(12)9-3-4-9/h8-10,14H,3-7,12H2,1-2H3. The fourth-order valence-electron chi connectivity index (χ4n) is 1.55. The van der Waals surface area contributed by atoms with Gasteiger partial charge in [-0.3, -0.25) is 4.79 Å². The van der Waals surface area contributed by atoms with Crippen LogP contribution in [0.4, 0.5) is 0 Å². The van der Waals surface area contributed by atoms with Crippen LogP contribution in [0, 0.1) is 5.92 Å². The summed E-state index contributed by atoms with van der Waals surface area (Å²) in [5, 5.41) is 9.10. The van der Waals surface area contributed by atoms with E-state index in [0.717, 1.165) is 0 Å².